The molecule has 0 radical (unpaired) electrons. The van der Waals surface area contributed by atoms with E-state index in [4.69, 9.17) is 0 Å². The second kappa shape index (κ2) is 15.4. The zero-order valence-electron chi connectivity index (χ0n) is 15.5. The molecule has 0 aliphatic rings. The number of ether oxygens (including phenoxy) is 1. The molecule has 0 saturated carbocycles. The lowest BCUT2D eigenvalue weighted by molar-refractivity contribution is -0.140. The van der Waals surface area contributed by atoms with Crippen molar-refractivity contribution in [2.24, 2.45) is 4.99 Å². The number of unbranched alkanes of at least 4 members (excludes halogenated alkanes) is 3. The summed E-state index contributed by atoms with van der Waals surface area (Å²) in [6.45, 7) is 6.83. The number of esters is 1. The lowest BCUT2D eigenvalue weighted by atomic mass is 10.1. The molecule has 0 spiro atoms. The molecule has 0 fully saturated rings. The maximum absolute atomic E-state index is 11.0. The summed E-state index contributed by atoms with van der Waals surface area (Å²) < 4.78 is 4.63. The first kappa shape index (κ1) is 24.2. The van der Waals surface area contributed by atoms with E-state index in [1.54, 1.807) is 11.3 Å². The molecule has 0 bridgehead atoms. The van der Waals surface area contributed by atoms with Gasteiger partial charge in [-0.3, -0.25) is 9.79 Å². The normalized spacial score (nSPS) is 12.2. The number of nitrogens with one attached hydrogen (secondary N) is 2. The summed E-state index contributed by atoms with van der Waals surface area (Å²) in [6, 6.07) is 4.25. The van der Waals surface area contributed by atoms with Gasteiger partial charge in [-0.1, -0.05) is 25.8 Å². The fourth-order valence-corrected chi connectivity index (χ4v) is 3.07. The van der Waals surface area contributed by atoms with E-state index in [2.05, 4.69) is 51.7 Å². The Labute approximate surface area is 173 Å². The highest BCUT2D eigenvalue weighted by atomic mass is 127. The molecule has 0 saturated heterocycles. The molecule has 7 heteroatoms. The van der Waals surface area contributed by atoms with E-state index in [1.807, 2.05) is 0 Å². The summed E-state index contributed by atoms with van der Waals surface area (Å²) in [5.74, 6) is 1.21. The van der Waals surface area contributed by atoms with E-state index in [0.717, 1.165) is 51.3 Å². The molecule has 144 valence electrons. The van der Waals surface area contributed by atoms with Gasteiger partial charge >= 0.3 is 5.97 Å². The van der Waals surface area contributed by atoms with Crippen LogP contribution in [0.3, 0.4) is 0 Å². The maximum atomic E-state index is 11.0. The minimum absolute atomic E-state index is 0. The fraction of sp³-hybridized carbons (Fsp3) is 0.667. The highest BCUT2D eigenvalue weighted by Crippen LogP contribution is 2.20. The molecule has 0 amide bonds. The van der Waals surface area contributed by atoms with Crippen LogP contribution < -0.4 is 10.6 Å². The van der Waals surface area contributed by atoms with Crippen molar-refractivity contribution in [3.05, 3.63) is 22.4 Å². The van der Waals surface area contributed by atoms with Crippen molar-refractivity contribution < 1.29 is 9.53 Å². The monoisotopic (exact) mass is 481 g/mol. The van der Waals surface area contributed by atoms with Crippen LogP contribution in [0.4, 0.5) is 0 Å². The van der Waals surface area contributed by atoms with Gasteiger partial charge in [-0.25, -0.2) is 0 Å². The summed E-state index contributed by atoms with van der Waals surface area (Å²) in [5, 5.41) is 8.78. The molecular weight excluding hydrogens is 449 g/mol. The Kier molecular flexibility index (Phi) is 14.9. The van der Waals surface area contributed by atoms with Gasteiger partial charge in [0.25, 0.3) is 0 Å². The average Bonchev–Trinajstić information content (AvgIpc) is 3.12. The standard InChI is InChI=1S/C18H31N3O2S.HI/c1-4-19-18(21-14-15(2)16-10-9-13-24-16)20-12-8-6-5-7-11-17(22)23-3;/h9-10,13,15H,4-8,11-12,14H2,1-3H3,(H2,19,20,21);1H. The van der Waals surface area contributed by atoms with Crippen LogP contribution in [0.15, 0.2) is 22.5 Å². The third kappa shape index (κ3) is 11.4. The Hall–Kier alpha value is -0.830. The summed E-state index contributed by atoms with van der Waals surface area (Å²) >= 11 is 1.79. The van der Waals surface area contributed by atoms with E-state index < -0.39 is 0 Å². The number of aliphatic imine (C=N–C) groups is 1. The minimum Gasteiger partial charge on any atom is -0.469 e. The molecule has 0 aliphatic carbocycles. The third-order valence-corrected chi connectivity index (χ3v) is 4.83. The molecule has 1 heterocycles. The number of carbonyl (C=O) groups is 1. The van der Waals surface area contributed by atoms with Crippen molar-refractivity contribution in [3.63, 3.8) is 0 Å². The lowest BCUT2D eigenvalue weighted by Crippen LogP contribution is -2.38. The van der Waals surface area contributed by atoms with Gasteiger partial charge in [0.1, 0.15) is 0 Å². The Morgan fingerprint density at radius 3 is 2.68 bits per heavy atom. The molecule has 0 aliphatic heterocycles. The predicted octanol–water partition coefficient (Wildman–Crippen LogP) is 4.15. The van der Waals surface area contributed by atoms with E-state index >= 15 is 0 Å². The van der Waals surface area contributed by atoms with Crippen LogP contribution in [0.25, 0.3) is 0 Å². The first-order valence-corrected chi connectivity index (χ1v) is 9.67. The van der Waals surface area contributed by atoms with Gasteiger partial charge in [0.2, 0.25) is 0 Å². The summed E-state index contributed by atoms with van der Waals surface area (Å²) in [4.78, 5) is 17.1. The van der Waals surface area contributed by atoms with E-state index in [1.165, 1.54) is 12.0 Å². The lowest BCUT2D eigenvalue weighted by Gasteiger charge is -2.13. The summed E-state index contributed by atoms with van der Waals surface area (Å²) in [6.07, 6.45) is 4.66. The number of guanidine groups is 1. The van der Waals surface area contributed by atoms with Gasteiger partial charge in [-0.05, 0) is 31.2 Å². The SMILES string of the molecule is CCNC(=NCC(C)c1cccs1)NCCCCCCC(=O)OC.I. The zero-order chi connectivity index (χ0) is 17.6. The quantitative estimate of drug-likeness (QED) is 0.164. The molecule has 1 unspecified atom stereocenters. The van der Waals surface area contributed by atoms with Gasteiger partial charge in [0.15, 0.2) is 5.96 Å². The molecule has 0 aromatic carbocycles. The van der Waals surface area contributed by atoms with Crippen molar-refractivity contribution >= 4 is 47.2 Å². The third-order valence-electron chi connectivity index (χ3n) is 3.72. The molecule has 2 N–H and O–H groups in total. The van der Waals surface area contributed by atoms with Crippen molar-refractivity contribution in [1.82, 2.24) is 10.6 Å². The Morgan fingerprint density at radius 1 is 1.28 bits per heavy atom. The van der Waals surface area contributed by atoms with Crippen molar-refractivity contribution in [2.45, 2.75) is 51.9 Å². The first-order valence-electron chi connectivity index (χ1n) is 8.79. The number of methoxy groups -OCH3 is 1. The van der Waals surface area contributed by atoms with Gasteiger partial charge in [-0.15, -0.1) is 35.3 Å². The van der Waals surface area contributed by atoms with Gasteiger partial charge in [0, 0.05) is 30.3 Å². The number of hydrogen-bond acceptors (Lipinski definition) is 4. The van der Waals surface area contributed by atoms with Crippen LogP contribution in [0.5, 0.6) is 0 Å². The van der Waals surface area contributed by atoms with Crippen molar-refractivity contribution in [1.29, 1.82) is 0 Å². The highest BCUT2D eigenvalue weighted by Gasteiger charge is 2.06. The molecule has 1 aromatic rings. The van der Waals surface area contributed by atoms with Crippen molar-refractivity contribution in [3.8, 4) is 0 Å². The Morgan fingerprint density at radius 2 is 2.04 bits per heavy atom. The average molecular weight is 481 g/mol. The number of nitrogens with zero attached hydrogens (tertiary/aromatic N) is 1. The van der Waals surface area contributed by atoms with Gasteiger partial charge < -0.3 is 15.4 Å². The number of hydrogen-bond donors (Lipinski definition) is 2. The zero-order valence-corrected chi connectivity index (χ0v) is 18.7. The first-order chi connectivity index (χ1) is 11.7. The number of rotatable bonds is 11. The predicted molar refractivity (Wildman–Crippen MR) is 117 cm³/mol. The topological polar surface area (TPSA) is 62.7 Å². The van der Waals surface area contributed by atoms with Crippen LogP contribution in [-0.4, -0.2) is 38.7 Å². The largest absolute Gasteiger partial charge is 0.469 e. The van der Waals surface area contributed by atoms with Crippen LogP contribution in [-0.2, 0) is 9.53 Å². The molecule has 1 rings (SSSR count). The Balaban J connectivity index is 0.00000576. The second-order valence-corrected chi connectivity index (χ2v) is 6.78. The molecule has 25 heavy (non-hydrogen) atoms. The summed E-state index contributed by atoms with van der Waals surface area (Å²) in [7, 11) is 1.44. The number of thiophene rings is 1. The van der Waals surface area contributed by atoms with E-state index in [-0.39, 0.29) is 29.9 Å². The smallest absolute Gasteiger partial charge is 0.305 e. The molecular formula is C18H32IN3O2S. The summed E-state index contributed by atoms with van der Waals surface area (Å²) in [5.41, 5.74) is 0. The van der Waals surface area contributed by atoms with Crippen LogP contribution in [0.2, 0.25) is 0 Å². The second-order valence-electron chi connectivity index (χ2n) is 5.80. The maximum Gasteiger partial charge on any atom is 0.305 e. The minimum atomic E-state index is -0.116. The molecule has 5 nitrogen and oxygen atoms in total. The van der Waals surface area contributed by atoms with Gasteiger partial charge in [-0.2, -0.15) is 0 Å². The Bertz CT molecular complexity index is 481. The molecule has 1 atom stereocenters. The van der Waals surface area contributed by atoms with E-state index in [0.29, 0.717) is 12.3 Å². The van der Waals surface area contributed by atoms with Gasteiger partial charge in [0.05, 0.1) is 13.7 Å². The van der Waals surface area contributed by atoms with Crippen LogP contribution >= 0.6 is 35.3 Å². The number of halogens is 1. The van der Waals surface area contributed by atoms with Crippen molar-refractivity contribution in [2.75, 3.05) is 26.7 Å². The fourth-order valence-electron chi connectivity index (χ4n) is 2.29. The van der Waals surface area contributed by atoms with Crippen LogP contribution in [0.1, 0.15) is 56.7 Å². The van der Waals surface area contributed by atoms with Crippen LogP contribution in [0, 0.1) is 0 Å². The number of carbonyl (C=O) groups excluding carboxylic acids is 1. The molecule has 1 aromatic heterocycles. The highest BCUT2D eigenvalue weighted by molar-refractivity contribution is 14.0. The van der Waals surface area contributed by atoms with E-state index in [9.17, 15) is 4.79 Å².